The molecule has 0 spiro atoms. The molecule has 2 aromatic rings. The molecule has 25 heavy (non-hydrogen) atoms. The molecule has 6 nitrogen and oxygen atoms in total. The van der Waals surface area contributed by atoms with Crippen molar-refractivity contribution in [2.45, 2.75) is 32.2 Å². The van der Waals surface area contributed by atoms with Gasteiger partial charge < -0.3 is 9.52 Å². The second-order valence-corrected chi connectivity index (χ2v) is 6.40. The molecule has 6 heteroatoms. The first-order valence-corrected chi connectivity index (χ1v) is 8.25. The number of furan rings is 1. The summed E-state index contributed by atoms with van der Waals surface area (Å²) in [5, 5.41) is 25.0. The zero-order valence-electron chi connectivity index (χ0n) is 14.3. The first-order valence-electron chi connectivity index (χ1n) is 8.25. The molecule has 1 aromatic heterocycles. The van der Waals surface area contributed by atoms with Gasteiger partial charge in [-0.3, -0.25) is 15.4 Å². The Bertz CT molecular complexity index is 850. The highest BCUT2D eigenvalue weighted by Gasteiger charge is 2.38. The zero-order valence-corrected chi connectivity index (χ0v) is 14.3. The quantitative estimate of drug-likeness (QED) is 0.775. The number of aliphatic hydroxyl groups excluding tert-OH is 1. The third-order valence-electron chi connectivity index (χ3n) is 4.96. The van der Waals surface area contributed by atoms with E-state index >= 15 is 0 Å². The van der Waals surface area contributed by atoms with Gasteiger partial charge in [-0.1, -0.05) is 24.3 Å². The molecule has 1 unspecified atom stereocenters. The van der Waals surface area contributed by atoms with Crippen LogP contribution in [0.3, 0.4) is 0 Å². The van der Waals surface area contributed by atoms with Crippen molar-refractivity contribution >= 4 is 11.8 Å². The van der Waals surface area contributed by atoms with Crippen LogP contribution in [0.2, 0.25) is 0 Å². The molecule has 1 aliphatic carbocycles. The molecule has 1 heterocycles. The van der Waals surface area contributed by atoms with Crippen LogP contribution in [0.25, 0.3) is 0 Å². The summed E-state index contributed by atoms with van der Waals surface area (Å²) in [6.07, 6.45) is 1.60. The van der Waals surface area contributed by atoms with Gasteiger partial charge in [0, 0.05) is 5.56 Å². The molecule has 0 saturated heterocycles. The Morgan fingerprint density at radius 2 is 2.16 bits per heavy atom. The topological polar surface area (TPSA) is 98.3 Å². The molecule has 1 aliphatic rings. The van der Waals surface area contributed by atoms with Crippen LogP contribution >= 0.6 is 0 Å². The summed E-state index contributed by atoms with van der Waals surface area (Å²) in [6, 6.07) is 9.99. The van der Waals surface area contributed by atoms with Crippen LogP contribution in [-0.4, -0.2) is 24.2 Å². The molecule has 0 fully saturated rings. The Morgan fingerprint density at radius 3 is 2.88 bits per heavy atom. The van der Waals surface area contributed by atoms with Crippen molar-refractivity contribution in [3.63, 3.8) is 0 Å². The van der Waals surface area contributed by atoms with Gasteiger partial charge in [-0.25, -0.2) is 0 Å². The third kappa shape index (κ3) is 3.04. The fourth-order valence-electron chi connectivity index (χ4n) is 3.36. The number of nitriles is 1. The Labute approximate surface area is 146 Å². The third-order valence-corrected chi connectivity index (χ3v) is 4.96. The number of nitrogens with zero attached hydrogens (tertiary/aromatic N) is 1. The Hall–Kier alpha value is -2.62. The highest BCUT2D eigenvalue weighted by molar-refractivity contribution is 5.92. The van der Waals surface area contributed by atoms with E-state index in [1.54, 1.807) is 13.8 Å². The van der Waals surface area contributed by atoms with E-state index in [0.717, 1.165) is 24.0 Å². The van der Waals surface area contributed by atoms with Crippen molar-refractivity contribution in [3.8, 4) is 6.07 Å². The van der Waals surface area contributed by atoms with Gasteiger partial charge in [0.2, 0.25) is 11.8 Å². The Kier molecular flexibility index (Phi) is 4.62. The van der Waals surface area contributed by atoms with Crippen molar-refractivity contribution in [1.82, 2.24) is 5.32 Å². The maximum absolute atomic E-state index is 12.3. The molecule has 130 valence electrons. The first-order chi connectivity index (χ1) is 12.0. The van der Waals surface area contributed by atoms with Crippen molar-refractivity contribution < 1.29 is 14.3 Å². The lowest BCUT2D eigenvalue weighted by molar-refractivity contribution is -0.116. The van der Waals surface area contributed by atoms with Gasteiger partial charge in [-0.05, 0) is 37.8 Å². The Balaban J connectivity index is 1.71. The largest absolute Gasteiger partial charge is 0.444 e. The first kappa shape index (κ1) is 17.2. The number of anilines is 1. The van der Waals surface area contributed by atoms with Crippen LogP contribution in [-0.2, 0) is 16.8 Å². The number of aliphatic hydroxyl groups is 1. The number of fused-ring (bicyclic) bond motifs is 1. The minimum atomic E-state index is -0.610. The van der Waals surface area contributed by atoms with Crippen molar-refractivity contribution in [1.29, 1.82) is 5.26 Å². The maximum Gasteiger partial charge on any atom is 0.240 e. The molecule has 1 aromatic carbocycles. The number of nitrogens with one attached hydrogen (secondary N) is 2. The number of carbonyl (C=O) groups is 1. The average Bonchev–Trinajstić information content (AvgIpc) is 3.12. The van der Waals surface area contributed by atoms with E-state index in [-0.39, 0.29) is 24.9 Å². The summed E-state index contributed by atoms with van der Waals surface area (Å²) in [4.78, 5) is 12.3. The molecule has 0 aliphatic heterocycles. The van der Waals surface area contributed by atoms with Gasteiger partial charge in [-0.15, -0.1) is 0 Å². The SMILES string of the molecule is Cc1oc(NC(=O)CNC2(CO)CCc3ccccc32)c(C#N)c1C. The standard InChI is InChI=1S/C19H21N3O3/c1-12-13(2)25-18(15(12)9-20)22-17(24)10-21-19(11-23)8-7-14-5-3-4-6-16(14)19/h3-6,21,23H,7-8,10-11H2,1-2H3,(H,22,24). The lowest BCUT2D eigenvalue weighted by atomic mass is 9.92. The van der Waals surface area contributed by atoms with Gasteiger partial charge >= 0.3 is 0 Å². The maximum atomic E-state index is 12.3. The minimum absolute atomic E-state index is 0.0125. The molecule has 1 amide bonds. The summed E-state index contributed by atoms with van der Waals surface area (Å²) >= 11 is 0. The van der Waals surface area contributed by atoms with Gasteiger partial charge in [-0.2, -0.15) is 5.26 Å². The molecule has 0 radical (unpaired) electrons. The molecule has 0 saturated carbocycles. The molecule has 3 N–H and O–H groups in total. The number of carbonyl (C=O) groups excluding carboxylic acids is 1. The summed E-state index contributed by atoms with van der Waals surface area (Å²) in [5.41, 5.74) is 2.68. The van der Waals surface area contributed by atoms with E-state index in [4.69, 9.17) is 4.42 Å². The smallest absolute Gasteiger partial charge is 0.240 e. The van der Waals surface area contributed by atoms with E-state index in [1.165, 1.54) is 5.56 Å². The van der Waals surface area contributed by atoms with Crippen LogP contribution in [0.4, 0.5) is 5.88 Å². The number of benzene rings is 1. The normalized spacial score (nSPS) is 18.6. The van der Waals surface area contributed by atoms with Gasteiger partial charge in [0.1, 0.15) is 17.4 Å². The fraction of sp³-hybridized carbons (Fsp3) is 0.368. The summed E-state index contributed by atoms with van der Waals surface area (Å²) in [7, 11) is 0. The van der Waals surface area contributed by atoms with Crippen LogP contribution in [0.15, 0.2) is 28.7 Å². The molecular weight excluding hydrogens is 318 g/mol. The lowest BCUT2D eigenvalue weighted by Gasteiger charge is -2.29. The van der Waals surface area contributed by atoms with Crippen molar-refractivity contribution in [2.75, 3.05) is 18.5 Å². The average molecular weight is 339 g/mol. The fourth-order valence-corrected chi connectivity index (χ4v) is 3.36. The van der Waals surface area contributed by atoms with E-state index in [0.29, 0.717) is 11.3 Å². The number of amides is 1. The van der Waals surface area contributed by atoms with E-state index in [1.807, 2.05) is 24.3 Å². The number of rotatable bonds is 5. The lowest BCUT2D eigenvalue weighted by Crippen LogP contribution is -2.47. The zero-order chi connectivity index (χ0) is 18.0. The van der Waals surface area contributed by atoms with Crippen LogP contribution < -0.4 is 10.6 Å². The van der Waals surface area contributed by atoms with E-state index < -0.39 is 5.54 Å². The molecule has 1 atom stereocenters. The van der Waals surface area contributed by atoms with E-state index in [2.05, 4.69) is 16.7 Å². The Morgan fingerprint density at radius 1 is 1.40 bits per heavy atom. The second kappa shape index (κ2) is 6.71. The summed E-state index contributed by atoms with van der Waals surface area (Å²) in [5.74, 6) is 0.466. The summed E-state index contributed by atoms with van der Waals surface area (Å²) in [6.45, 7) is 3.46. The summed E-state index contributed by atoms with van der Waals surface area (Å²) < 4.78 is 5.45. The van der Waals surface area contributed by atoms with Gasteiger partial charge in [0.15, 0.2) is 0 Å². The van der Waals surface area contributed by atoms with E-state index in [9.17, 15) is 15.2 Å². The van der Waals surface area contributed by atoms with Crippen LogP contribution in [0.5, 0.6) is 0 Å². The highest BCUT2D eigenvalue weighted by atomic mass is 16.4. The van der Waals surface area contributed by atoms with Gasteiger partial charge in [0.05, 0.1) is 18.7 Å². The number of hydrogen-bond acceptors (Lipinski definition) is 5. The predicted octanol–water partition coefficient (Wildman–Crippen LogP) is 2.13. The second-order valence-electron chi connectivity index (χ2n) is 6.40. The molecule has 3 rings (SSSR count). The molecular formula is C19H21N3O3. The van der Waals surface area contributed by atoms with Gasteiger partial charge in [0.25, 0.3) is 0 Å². The number of hydrogen-bond donors (Lipinski definition) is 3. The van der Waals surface area contributed by atoms with Crippen molar-refractivity contribution in [2.24, 2.45) is 0 Å². The van der Waals surface area contributed by atoms with Crippen LogP contribution in [0.1, 0.15) is 34.4 Å². The predicted molar refractivity (Wildman–Crippen MR) is 93.1 cm³/mol. The monoisotopic (exact) mass is 339 g/mol. The number of aryl methyl sites for hydroxylation is 2. The highest BCUT2D eigenvalue weighted by Crippen LogP contribution is 2.36. The minimum Gasteiger partial charge on any atom is -0.444 e. The van der Waals surface area contributed by atoms with Crippen molar-refractivity contribution in [3.05, 3.63) is 52.3 Å². The van der Waals surface area contributed by atoms with Crippen LogP contribution in [0, 0.1) is 25.2 Å². The molecule has 0 bridgehead atoms.